The van der Waals surface area contributed by atoms with Gasteiger partial charge in [-0.3, -0.25) is 4.79 Å². The second kappa shape index (κ2) is 12.1. The van der Waals surface area contributed by atoms with Gasteiger partial charge in [-0.25, -0.2) is 0 Å². The molecule has 0 rings (SSSR count). The van der Waals surface area contributed by atoms with Crippen LogP contribution in [0.25, 0.3) is 0 Å². The predicted octanol–water partition coefficient (Wildman–Crippen LogP) is 0.703. The van der Waals surface area contributed by atoms with Gasteiger partial charge in [-0.2, -0.15) is 0 Å². The molecule has 0 aliphatic heterocycles. The van der Waals surface area contributed by atoms with E-state index in [1.165, 1.54) is 19.3 Å². The molecular formula is C14H28O6. The Morgan fingerprint density at radius 1 is 1.00 bits per heavy atom. The SMILES string of the molecule is CCCCCCCCCC(=O)OC(O)[C@@H](O)[C@@H](O)CO. The number of ether oxygens (including phenoxy) is 1. The molecule has 0 aromatic carbocycles. The van der Waals surface area contributed by atoms with Gasteiger partial charge in [0.25, 0.3) is 0 Å². The van der Waals surface area contributed by atoms with Crippen LogP contribution in [0.5, 0.6) is 0 Å². The van der Waals surface area contributed by atoms with Crippen molar-refractivity contribution in [1.29, 1.82) is 0 Å². The molecule has 0 fully saturated rings. The molecule has 1 unspecified atom stereocenters. The number of hydrogen-bond donors (Lipinski definition) is 4. The van der Waals surface area contributed by atoms with E-state index in [4.69, 9.17) is 10.2 Å². The van der Waals surface area contributed by atoms with Crippen molar-refractivity contribution in [3.05, 3.63) is 0 Å². The van der Waals surface area contributed by atoms with Gasteiger partial charge in [0, 0.05) is 6.42 Å². The smallest absolute Gasteiger partial charge is 0.308 e. The summed E-state index contributed by atoms with van der Waals surface area (Å²) in [7, 11) is 0. The van der Waals surface area contributed by atoms with Crippen molar-refractivity contribution in [2.75, 3.05) is 6.61 Å². The highest BCUT2D eigenvalue weighted by Crippen LogP contribution is 2.10. The molecule has 3 atom stereocenters. The van der Waals surface area contributed by atoms with Crippen molar-refractivity contribution in [2.45, 2.75) is 76.8 Å². The number of carbonyl (C=O) groups is 1. The summed E-state index contributed by atoms with van der Waals surface area (Å²) in [5, 5.41) is 36.3. The number of aliphatic hydroxyl groups is 4. The molecule has 0 radical (unpaired) electrons. The molecule has 0 saturated carbocycles. The summed E-state index contributed by atoms with van der Waals surface area (Å²) in [6.07, 6.45) is 2.62. The molecule has 6 nitrogen and oxygen atoms in total. The van der Waals surface area contributed by atoms with Crippen molar-refractivity contribution in [3.63, 3.8) is 0 Å². The van der Waals surface area contributed by atoms with Gasteiger partial charge < -0.3 is 25.2 Å². The Kier molecular flexibility index (Phi) is 11.7. The molecule has 0 amide bonds. The summed E-state index contributed by atoms with van der Waals surface area (Å²) in [4.78, 5) is 11.4. The minimum Gasteiger partial charge on any atom is -0.433 e. The summed E-state index contributed by atoms with van der Waals surface area (Å²) in [6, 6.07) is 0. The van der Waals surface area contributed by atoms with Gasteiger partial charge in [0.1, 0.15) is 12.2 Å². The first-order valence-electron chi connectivity index (χ1n) is 7.37. The van der Waals surface area contributed by atoms with E-state index in [9.17, 15) is 15.0 Å². The molecule has 4 N–H and O–H groups in total. The van der Waals surface area contributed by atoms with Gasteiger partial charge in [-0.15, -0.1) is 0 Å². The molecule has 0 saturated heterocycles. The van der Waals surface area contributed by atoms with Crippen molar-refractivity contribution in [3.8, 4) is 0 Å². The molecule has 120 valence electrons. The Morgan fingerprint density at radius 2 is 1.55 bits per heavy atom. The third-order valence-electron chi connectivity index (χ3n) is 3.11. The summed E-state index contributed by atoms with van der Waals surface area (Å²) in [5.41, 5.74) is 0. The van der Waals surface area contributed by atoms with E-state index in [2.05, 4.69) is 11.7 Å². The van der Waals surface area contributed by atoms with Crippen LogP contribution in [0.4, 0.5) is 0 Å². The Balaban J connectivity index is 3.62. The maximum Gasteiger partial charge on any atom is 0.308 e. The Labute approximate surface area is 120 Å². The first-order valence-corrected chi connectivity index (χ1v) is 7.37. The minimum absolute atomic E-state index is 0.173. The summed E-state index contributed by atoms with van der Waals surface area (Å²) in [5.74, 6) is -0.616. The van der Waals surface area contributed by atoms with Gasteiger partial charge in [0.05, 0.1) is 6.61 Å². The molecule has 0 aromatic heterocycles. The zero-order valence-electron chi connectivity index (χ0n) is 12.2. The summed E-state index contributed by atoms with van der Waals surface area (Å²) >= 11 is 0. The van der Waals surface area contributed by atoms with E-state index < -0.39 is 31.1 Å². The second-order valence-corrected chi connectivity index (χ2v) is 4.99. The highest BCUT2D eigenvalue weighted by molar-refractivity contribution is 5.69. The van der Waals surface area contributed by atoms with Crippen LogP contribution < -0.4 is 0 Å². The highest BCUT2D eigenvalue weighted by Gasteiger charge is 2.26. The van der Waals surface area contributed by atoms with E-state index >= 15 is 0 Å². The summed E-state index contributed by atoms with van der Waals surface area (Å²) < 4.78 is 4.58. The fourth-order valence-corrected chi connectivity index (χ4v) is 1.79. The van der Waals surface area contributed by atoms with Crippen molar-refractivity contribution < 1.29 is 30.0 Å². The molecule has 6 heteroatoms. The molecule has 20 heavy (non-hydrogen) atoms. The van der Waals surface area contributed by atoms with Crippen LogP contribution in [0, 0.1) is 0 Å². The lowest BCUT2D eigenvalue weighted by Crippen LogP contribution is -2.41. The zero-order chi connectivity index (χ0) is 15.4. The first kappa shape index (κ1) is 19.3. The molecular weight excluding hydrogens is 264 g/mol. The quantitative estimate of drug-likeness (QED) is 0.240. The molecule has 0 aliphatic carbocycles. The largest absolute Gasteiger partial charge is 0.433 e. The number of hydrogen-bond acceptors (Lipinski definition) is 6. The Bertz CT molecular complexity index is 246. The van der Waals surface area contributed by atoms with E-state index in [0.717, 1.165) is 19.3 Å². The fraction of sp³-hybridized carbons (Fsp3) is 0.929. The molecule has 0 heterocycles. The van der Waals surface area contributed by atoms with Gasteiger partial charge in [-0.1, -0.05) is 45.4 Å². The molecule has 0 bridgehead atoms. The van der Waals surface area contributed by atoms with Crippen LogP contribution in [0.3, 0.4) is 0 Å². The number of rotatable bonds is 12. The molecule has 0 spiro atoms. The lowest BCUT2D eigenvalue weighted by atomic mass is 10.1. The van der Waals surface area contributed by atoms with Crippen molar-refractivity contribution in [1.82, 2.24) is 0 Å². The van der Waals surface area contributed by atoms with Gasteiger partial charge in [0.2, 0.25) is 6.29 Å². The van der Waals surface area contributed by atoms with Crippen LogP contribution >= 0.6 is 0 Å². The fourth-order valence-electron chi connectivity index (χ4n) is 1.79. The van der Waals surface area contributed by atoms with Crippen LogP contribution in [0.2, 0.25) is 0 Å². The van der Waals surface area contributed by atoms with Gasteiger partial charge >= 0.3 is 5.97 Å². The minimum atomic E-state index is -1.81. The Morgan fingerprint density at radius 3 is 2.10 bits per heavy atom. The van der Waals surface area contributed by atoms with E-state index in [1.807, 2.05) is 0 Å². The van der Waals surface area contributed by atoms with Crippen LogP contribution in [-0.4, -0.2) is 51.5 Å². The zero-order valence-corrected chi connectivity index (χ0v) is 12.2. The number of unbranched alkanes of at least 4 members (excludes halogenated alkanes) is 6. The average molecular weight is 292 g/mol. The Hall–Kier alpha value is -0.690. The lowest BCUT2D eigenvalue weighted by molar-refractivity contribution is -0.201. The van der Waals surface area contributed by atoms with Gasteiger partial charge in [-0.05, 0) is 6.42 Å². The normalized spacial score (nSPS) is 15.7. The monoisotopic (exact) mass is 292 g/mol. The van der Waals surface area contributed by atoms with Crippen LogP contribution in [0.1, 0.15) is 58.3 Å². The standard InChI is InChI=1S/C14H28O6/c1-2-3-4-5-6-7-8-9-12(17)20-14(19)13(18)11(16)10-15/h11,13-16,18-19H,2-10H2,1H3/t11-,13-,14?/m0/s1. The highest BCUT2D eigenvalue weighted by atomic mass is 16.6. The van der Waals surface area contributed by atoms with Crippen molar-refractivity contribution in [2.24, 2.45) is 0 Å². The lowest BCUT2D eigenvalue weighted by Gasteiger charge is -2.21. The maximum atomic E-state index is 11.4. The number of aliphatic hydroxyl groups excluding tert-OH is 4. The van der Waals surface area contributed by atoms with Crippen LogP contribution in [0.15, 0.2) is 0 Å². The number of carbonyl (C=O) groups excluding carboxylic acids is 1. The van der Waals surface area contributed by atoms with Gasteiger partial charge in [0.15, 0.2) is 0 Å². The average Bonchev–Trinajstić information content (AvgIpc) is 2.44. The molecule has 0 aliphatic rings. The topological polar surface area (TPSA) is 107 Å². The second-order valence-electron chi connectivity index (χ2n) is 4.99. The van der Waals surface area contributed by atoms with E-state index in [-0.39, 0.29) is 6.42 Å². The first-order chi connectivity index (χ1) is 9.52. The summed E-state index contributed by atoms with van der Waals surface area (Å²) in [6.45, 7) is 1.44. The molecule has 0 aromatic rings. The van der Waals surface area contributed by atoms with E-state index in [1.54, 1.807) is 0 Å². The number of esters is 1. The van der Waals surface area contributed by atoms with Crippen molar-refractivity contribution >= 4 is 5.97 Å². The van der Waals surface area contributed by atoms with E-state index in [0.29, 0.717) is 6.42 Å². The third-order valence-corrected chi connectivity index (χ3v) is 3.11. The predicted molar refractivity (Wildman–Crippen MR) is 73.8 cm³/mol. The van der Waals surface area contributed by atoms with Crippen LogP contribution in [-0.2, 0) is 9.53 Å². The third kappa shape index (κ3) is 9.25. The maximum absolute atomic E-state index is 11.4.